The Bertz CT molecular complexity index is 1130. The lowest BCUT2D eigenvalue weighted by Gasteiger charge is -2.17. The first-order valence-electron chi connectivity index (χ1n) is 11.0. The minimum absolute atomic E-state index is 0.0429. The molecule has 0 aliphatic rings. The van der Waals surface area contributed by atoms with Gasteiger partial charge in [0.15, 0.2) is 17.3 Å². The fraction of sp³-hybridized carbons (Fsp3) is 0.400. The highest BCUT2D eigenvalue weighted by Gasteiger charge is 2.32. The minimum Gasteiger partial charge on any atom is -0.403 e. The summed E-state index contributed by atoms with van der Waals surface area (Å²) in [5.74, 6) is -1.73. The molecule has 0 fully saturated rings. The highest BCUT2D eigenvalue weighted by Crippen LogP contribution is 2.29. The quantitative estimate of drug-likeness (QED) is 0.251. The summed E-state index contributed by atoms with van der Waals surface area (Å²) >= 11 is 0. The van der Waals surface area contributed by atoms with Crippen LogP contribution in [0.1, 0.15) is 49.2 Å². The van der Waals surface area contributed by atoms with Crippen molar-refractivity contribution < 1.29 is 27.1 Å². The van der Waals surface area contributed by atoms with E-state index in [-0.39, 0.29) is 11.7 Å². The fourth-order valence-corrected chi connectivity index (χ4v) is 3.88. The molecule has 5 nitrogen and oxygen atoms in total. The van der Waals surface area contributed by atoms with Crippen LogP contribution in [0.25, 0.3) is 11.3 Å². The van der Waals surface area contributed by atoms with Gasteiger partial charge in [-0.05, 0) is 67.5 Å². The molecule has 9 heteroatoms. The van der Waals surface area contributed by atoms with Crippen LogP contribution in [0, 0.1) is 17.7 Å². The van der Waals surface area contributed by atoms with Gasteiger partial charge in [-0.25, -0.2) is 9.37 Å². The first kappa shape index (κ1) is 25.4. The molecule has 0 aliphatic heterocycles. The van der Waals surface area contributed by atoms with E-state index in [0.29, 0.717) is 35.7 Å². The Hall–Kier alpha value is -3.23. The largest absolute Gasteiger partial charge is 0.573 e. The SMILES string of the molecule is CC(C)CC(CCCc1ccnc(-c2ccc(OC(F)(F)F)c(F)c2)c1)C(=O)c1cn(C)cn1. The molecule has 0 amide bonds. The third-order valence-corrected chi connectivity index (χ3v) is 5.38. The summed E-state index contributed by atoms with van der Waals surface area (Å²) in [7, 11) is 1.82. The smallest absolute Gasteiger partial charge is 0.403 e. The number of ether oxygens (including phenoxy) is 1. The summed E-state index contributed by atoms with van der Waals surface area (Å²) in [4.78, 5) is 21.3. The van der Waals surface area contributed by atoms with Crippen molar-refractivity contribution >= 4 is 5.78 Å². The third-order valence-electron chi connectivity index (χ3n) is 5.38. The zero-order chi connectivity index (χ0) is 24.9. The first-order valence-corrected chi connectivity index (χ1v) is 11.0. The van der Waals surface area contributed by atoms with Gasteiger partial charge in [0.25, 0.3) is 0 Å². The summed E-state index contributed by atoms with van der Waals surface area (Å²) in [6, 6.07) is 6.85. The third kappa shape index (κ3) is 7.13. The molecular formula is C25H27F4N3O2. The van der Waals surface area contributed by atoms with Gasteiger partial charge in [-0.2, -0.15) is 0 Å². The lowest BCUT2D eigenvalue weighted by Crippen LogP contribution is -2.18. The zero-order valence-corrected chi connectivity index (χ0v) is 19.3. The Balaban J connectivity index is 1.66. The number of aryl methyl sites for hydroxylation is 2. The van der Waals surface area contributed by atoms with Gasteiger partial charge in [0, 0.05) is 30.9 Å². The van der Waals surface area contributed by atoms with Crippen molar-refractivity contribution in [1.29, 1.82) is 0 Å². The molecule has 2 aromatic heterocycles. The Kier molecular flexibility index (Phi) is 8.06. The van der Waals surface area contributed by atoms with Crippen molar-refractivity contribution in [2.24, 2.45) is 18.9 Å². The standard InChI is InChI=1S/C25H27F4N3O2/c1-16(2)11-19(24(33)22-14-32(3)15-31-22)6-4-5-17-9-10-30-21(12-17)18-7-8-23(20(26)13-18)34-25(27,28)29/h7-10,12-16,19H,4-6,11H2,1-3H3. The van der Waals surface area contributed by atoms with Gasteiger partial charge in [0.2, 0.25) is 0 Å². The van der Waals surface area contributed by atoms with Gasteiger partial charge in [0.1, 0.15) is 5.69 Å². The maximum atomic E-state index is 14.1. The number of imidazole rings is 1. The van der Waals surface area contributed by atoms with Crippen molar-refractivity contribution in [2.45, 2.75) is 45.9 Å². The number of carbonyl (C=O) groups excluding carboxylic acids is 1. The molecule has 0 radical (unpaired) electrons. The molecule has 0 N–H and O–H groups in total. The molecule has 0 bridgehead atoms. The molecule has 0 aliphatic carbocycles. The van der Waals surface area contributed by atoms with Gasteiger partial charge in [0.05, 0.1) is 12.0 Å². The van der Waals surface area contributed by atoms with Crippen LogP contribution in [-0.4, -0.2) is 26.7 Å². The topological polar surface area (TPSA) is 57.0 Å². The fourth-order valence-electron chi connectivity index (χ4n) is 3.88. The predicted molar refractivity (Wildman–Crippen MR) is 120 cm³/mol. The highest BCUT2D eigenvalue weighted by molar-refractivity contribution is 5.95. The number of aromatic nitrogens is 3. The van der Waals surface area contributed by atoms with Crippen molar-refractivity contribution in [3.05, 3.63) is 66.1 Å². The predicted octanol–water partition coefficient (Wildman–Crippen LogP) is 6.39. The molecule has 0 saturated heterocycles. The van der Waals surface area contributed by atoms with Crippen LogP contribution in [0.15, 0.2) is 49.1 Å². The summed E-state index contributed by atoms with van der Waals surface area (Å²) < 4.78 is 56.6. The van der Waals surface area contributed by atoms with Crippen LogP contribution < -0.4 is 4.74 Å². The summed E-state index contributed by atoms with van der Waals surface area (Å²) in [5.41, 5.74) is 2.20. The van der Waals surface area contributed by atoms with E-state index in [9.17, 15) is 22.4 Å². The molecule has 34 heavy (non-hydrogen) atoms. The van der Waals surface area contributed by atoms with Crippen LogP contribution >= 0.6 is 0 Å². The second-order valence-electron chi connectivity index (χ2n) is 8.75. The second-order valence-corrected chi connectivity index (χ2v) is 8.75. The molecule has 3 aromatic rings. The first-order chi connectivity index (χ1) is 16.0. The number of benzene rings is 1. The molecule has 0 saturated carbocycles. The van der Waals surface area contributed by atoms with E-state index in [0.717, 1.165) is 30.5 Å². The molecule has 1 aromatic carbocycles. The monoisotopic (exact) mass is 477 g/mol. The number of hydrogen-bond donors (Lipinski definition) is 0. The number of rotatable bonds is 10. The summed E-state index contributed by atoms with van der Waals surface area (Å²) in [6.07, 6.45) is 2.85. The Morgan fingerprint density at radius 3 is 2.53 bits per heavy atom. The summed E-state index contributed by atoms with van der Waals surface area (Å²) in [6.45, 7) is 4.16. The van der Waals surface area contributed by atoms with Crippen molar-refractivity contribution in [1.82, 2.24) is 14.5 Å². The molecule has 1 unspecified atom stereocenters. The van der Waals surface area contributed by atoms with Gasteiger partial charge in [-0.15, -0.1) is 13.2 Å². The Morgan fingerprint density at radius 2 is 1.91 bits per heavy atom. The molecule has 1 atom stereocenters. The van der Waals surface area contributed by atoms with Crippen LogP contribution in [0.4, 0.5) is 17.6 Å². The van der Waals surface area contributed by atoms with E-state index >= 15 is 0 Å². The lowest BCUT2D eigenvalue weighted by molar-refractivity contribution is -0.275. The maximum Gasteiger partial charge on any atom is 0.573 e. The van der Waals surface area contributed by atoms with Crippen LogP contribution in [0.3, 0.4) is 0 Å². The molecule has 3 rings (SSSR count). The number of carbonyl (C=O) groups is 1. The van der Waals surface area contributed by atoms with E-state index in [1.165, 1.54) is 6.07 Å². The number of halogens is 4. The lowest BCUT2D eigenvalue weighted by atomic mass is 9.87. The number of ketones is 1. The normalized spacial score (nSPS) is 12.7. The van der Waals surface area contributed by atoms with Gasteiger partial charge in [-0.1, -0.05) is 13.8 Å². The summed E-state index contributed by atoms with van der Waals surface area (Å²) in [5, 5.41) is 0. The zero-order valence-electron chi connectivity index (χ0n) is 19.3. The van der Waals surface area contributed by atoms with Gasteiger partial charge in [-0.3, -0.25) is 9.78 Å². The van der Waals surface area contributed by atoms with Gasteiger partial charge >= 0.3 is 6.36 Å². The molecular weight excluding hydrogens is 450 g/mol. The second kappa shape index (κ2) is 10.8. The number of Topliss-reactive ketones (excluding diaryl/α,β-unsaturated/α-hetero) is 1. The van der Waals surface area contributed by atoms with E-state index in [1.807, 2.05) is 13.1 Å². The van der Waals surface area contributed by atoms with Crippen molar-refractivity contribution in [2.75, 3.05) is 0 Å². The number of alkyl halides is 3. The average molecular weight is 478 g/mol. The van der Waals surface area contributed by atoms with Crippen LogP contribution in [0.5, 0.6) is 5.75 Å². The van der Waals surface area contributed by atoms with E-state index in [1.54, 1.807) is 29.4 Å². The average Bonchev–Trinajstić information content (AvgIpc) is 3.19. The Labute approximate surface area is 195 Å². The number of hydrogen-bond acceptors (Lipinski definition) is 4. The maximum absolute atomic E-state index is 14.1. The van der Waals surface area contributed by atoms with E-state index < -0.39 is 17.9 Å². The highest BCUT2D eigenvalue weighted by atomic mass is 19.4. The molecule has 2 heterocycles. The van der Waals surface area contributed by atoms with Crippen molar-refractivity contribution in [3.8, 4) is 17.0 Å². The number of pyridine rings is 1. The number of nitrogens with zero attached hydrogens (tertiary/aromatic N) is 3. The van der Waals surface area contributed by atoms with Crippen LogP contribution in [0.2, 0.25) is 0 Å². The Morgan fingerprint density at radius 1 is 1.15 bits per heavy atom. The van der Waals surface area contributed by atoms with Gasteiger partial charge < -0.3 is 9.30 Å². The molecule has 182 valence electrons. The van der Waals surface area contributed by atoms with E-state index in [2.05, 4.69) is 28.6 Å². The van der Waals surface area contributed by atoms with Crippen LogP contribution in [-0.2, 0) is 13.5 Å². The minimum atomic E-state index is -4.97. The molecule has 0 spiro atoms. The van der Waals surface area contributed by atoms with Crippen molar-refractivity contribution in [3.63, 3.8) is 0 Å². The van der Waals surface area contributed by atoms with E-state index in [4.69, 9.17) is 0 Å².